The number of nitrogens with zero attached hydrogens (tertiary/aromatic N) is 1. The average Bonchev–Trinajstić information content (AvgIpc) is 2.32. The summed E-state index contributed by atoms with van der Waals surface area (Å²) in [7, 11) is 1.43. The molecule has 6 heteroatoms. The summed E-state index contributed by atoms with van der Waals surface area (Å²) in [5.41, 5.74) is 5.87. The summed E-state index contributed by atoms with van der Waals surface area (Å²) in [6.45, 7) is -0.257. The molecule has 0 heterocycles. The normalized spacial score (nSPS) is 24.3. The highest BCUT2D eigenvalue weighted by atomic mass is 19.4. The number of rotatable bonds is 5. The van der Waals surface area contributed by atoms with Crippen molar-refractivity contribution in [1.29, 1.82) is 0 Å². The van der Waals surface area contributed by atoms with Crippen molar-refractivity contribution in [1.82, 2.24) is 4.90 Å². The predicted molar refractivity (Wildman–Crippen MR) is 67.5 cm³/mol. The van der Waals surface area contributed by atoms with Crippen LogP contribution in [-0.2, 0) is 4.79 Å². The third kappa shape index (κ3) is 6.80. The van der Waals surface area contributed by atoms with E-state index in [1.54, 1.807) is 0 Å². The number of hydrogen-bond acceptors (Lipinski definition) is 2. The van der Waals surface area contributed by atoms with Crippen molar-refractivity contribution in [3.8, 4) is 0 Å². The number of carbonyl (C=O) groups excluding carboxylic acids is 1. The first kappa shape index (κ1) is 16.3. The van der Waals surface area contributed by atoms with Crippen molar-refractivity contribution >= 4 is 5.91 Å². The Morgan fingerprint density at radius 1 is 1.37 bits per heavy atom. The van der Waals surface area contributed by atoms with E-state index in [1.165, 1.54) is 11.9 Å². The Morgan fingerprint density at radius 2 is 2.05 bits per heavy atom. The number of carbonyl (C=O) groups is 1. The fraction of sp³-hybridized carbons (Fsp3) is 0.923. The van der Waals surface area contributed by atoms with E-state index in [0.717, 1.165) is 32.1 Å². The van der Waals surface area contributed by atoms with Gasteiger partial charge in [0.1, 0.15) is 0 Å². The average molecular weight is 280 g/mol. The maximum Gasteiger partial charge on any atom is 0.390 e. The van der Waals surface area contributed by atoms with Crippen LogP contribution in [0.3, 0.4) is 0 Å². The van der Waals surface area contributed by atoms with Crippen LogP contribution in [0.25, 0.3) is 0 Å². The van der Waals surface area contributed by atoms with Crippen molar-refractivity contribution in [2.75, 3.05) is 13.6 Å². The Kier molecular flexibility index (Phi) is 6.10. The maximum atomic E-state index is 12.0. The fourth-order valence-corrected chi connectivity index (χ4v) is 2.53. The van der Waals surface area contributed by atoms with Gasteiger partial charge in [0.05, 0.1) is 6.42 Å². The number of alkyl halides is 3. The van der Waals surface area contributed by atoms with Crippen molar-refractivity contribution in [2.45, 2.75) is 57.2 Å². The van der Waals surface area contributed by atoms with Gasteiger partial charge < -0.3 is 10.6 Å². The largest absolute Gasteiger partial charge is 0.390 e. The number of amides is 1. The Morgan fingerprint density at radius 3 is 2.63 bits per heavy atom. The first-order chi connectivity index (χ1) is 8.78. The summed E-state index contributed by atoms with van der Waals surface area (Å²) < 4.78 is 36.1. The van der Waals surface area contributed by atoms with Crippen LogP contribution in [0.4, 0.5) is 13.2 Å². The summed E-state index contributed by atoms with van der Waals surface area (Å²) in [6.07, 6.45) is 0.0511. The number of halogens is 3. The molecule has 1 amide bonds. The summed E-state index contributed by atoms with van der Waals surface area (Å²) in [6, 6.07) is 0.219. The Bertz CT molecular complexity index is 294. The van der Waals surface area contributed by atoms with E-state index < -0.39 is 12.6 Å². The van der Waals surface area contributed by atoms with Crippen LogP contribution in [0.15, 0.2) is 0 Å². The zero-order valence-electron chi connectivity index (χ0n) is 11.4. The minimum absolute atomic E-state index is 0.205. The predicted octanol–water partition coefficient (Wildman–Crippen LogP) is 2.69. The minimum Gasteiger partial charge on any atom is -0.345 e. The Hall–Kier alpha value is -0.780. The molecule has 0 radical (unpaired) electrons. The first-order valence-electron chi connectivity index (χ1n) is 6.84. The minimum atomic E-state index is -4.20. The Labute approximate surface area is 112 Å². The van der Waals surface area contributed by atoms with Gasteiger partial charge in [-0.15, -0.1) is 0 Å². The van der Waals surface area contributed by atoms with Gasteiger partial charge >= 0.3 is 6.18 Å². The lowest BCUT2D eigenvalue weighted by molar-refractivity contribution is -0.144. The van der Waals surface area contributed by atoms with Crippen LogP contribution in [0.1, 0.15) is 44.9 Å². The molecule has 0 aromatic heterocycles. The molecule has 2 atom stereocenters. The topological polar surface area (TPSA) is 46.3 Å². The van der Waals surface area contributed by atoms with Crippen LogP contribution in [0, 0.1) is 5.92 Å². The Balaban J connectivity index is 2.22. The van der Waals surface area contributed by atoms with Gasteiger partial charge in [-0.05, 0) is 25.2 Å². The lowest BCUT2D eigenvalue weighted by atomic mass is 9.83. The standard InChI is InChI=1S/C13H23F3N2O/c1-18(8-7-13(14,15)16)12(19)6-5-10-3-2-4-11(17)9-10/h10-11H,2-9,17H2,1H3. The van der Waals surface area contributed by atoms with Gasteiger partial charge in [-0.3, -0.25) is 4.79 Å². The molecule has 3 nitrogen and oxygen atoms in total. The van der Waals surface area contributed by atoms with E-state index in [4.69, 9.17) is 5.73 Å². The molecule has 19 heavy (non-hydrogen) atoms. The molecule has 0 bridgehead atoms. The van der Waals surface area contributed by atoms with Gasteiger partial charge in [0.15, 0.2) is 0 Å². The maximum absolute atomic E-state index is 12.0. The second kappa shape index (κ2) is 7.12. The first-order valence-corrected chi connectivity index (χ1v) is 6.84. The van der Waals surface area contributed by atoms with Crippen molar-refractivity contribution in [3.63, 3.8) is 0 Å². The molecule has 0 aromatic rings. The summed E-state index contributed by atoms with van der Waals surface area (Å²) in [5.74, 6) is 0.243. The molecule has 0 aromatic carbocycles. The third-order valence-corrected chi connectivity index (χ3v) is 3.75. The quantitative estimate of drug-likeness (QED) is 0.841. The molecule has 0 aliphatic heterocycles. The lowest BCUT2D eigenvalue weighted by Crippen LogP contribution is -2.32. The highest BCUT2D eigenvalue weighted by molar-refractivity contribution is 5.75. The van der Waals surface area contributed by atoms with E-state index in [1.807, 2.05) is 0 Å². The van der Waals surface area contributed by atoms with E-state index in [9.17, 15) is 18.0 Å². The van der Waals surface area contributed by atoms with E-state index >= 15 is 0 Å². The molecule has 0 saturated heterocycles. The van der Waals surface area contributed by atoms with Gasteiger partial charge in [-0.1, -0.05) is 12.8 Å². The van der Waals surface area contributed by atoms with E-state index in [-0.39, 0.29) is 18.5 Å². The summed E-state index contributed by atoms with van der Waals surface area (Å²) in [5, 5.41) is 0. The number of hydrogen-bond donors (Lipinski definition) is 1. The second-order valence-corrected chi connectivity index (χ2v) is 5.51. The molecule has 2 N–H and O–H groups in total. The molecule has 1 fully saturated rings. The highest BCUT2D eigenvalue weighted by Gasteiger charge is 2.28. The van der Waals surface area contributed by atoms with Crippen LogP contribution >= 0.6 is 0 Å². The van der Waals surface area contributed by atoms with Gasteiger partial charge in [-0.25, -0.2) is 0 Å². The zero-order valence-corrected chi connectivity index (χ0v) is 11.4. The SMILES string of the molecule is CN(CCC(F)(F)F)C(=O)CCC1CCCC(N)C1. The van der Waals surface area contributed by atoms with Crippen LogP contribution in [0.5, 0.6) is 0 Å². The van der Waals surface area contributed by atoms with Crippen LogP contribution < -0.4 is 5.73 Å². The second-order valence-electron chi connectivity index (χ2n) is 5.51. The van der Waals surface area contributed by atoms with Crippen molar-refractivity contribution in [2.24, 2.45) is 11.7 Å². The highest BCUT2D eigenvalue weighted by Crippen LogP contribution is 2.27. The van der Waals surface area contributed by atoms with Crippen LogP contribution in [-0.4, -0.2) is 36.6 Å². The molecule has 112 valence electrons. The van der Waals surface area contributed by atoms with Crippen LogP contribution in [0.2, 0.25) is 0 Å². The van der Waals surface area contributed by atoms with Gasteiger partial charge in [0.2, 0.25) is 5.91 Å². The molecule has 2 unspecified atom stereocenters. The molecular weight excluding hydrogens is 257 g/mol. The molecule has 1 saturated carbocycles. The zero-order chi connectivity index (χ0) is 14.5. The summed E-state index contributed by atoms with van der Waals surface area (Å²) >= 11 is 0. The molecule has 0 spiro atoms. The van der Waals surface area contributed by atoms with Crippen molar-refractivity contribution < 1.29 is 18.0 Å². The molecular formula is C13H23F3N2O. The monoisotopic (exact) mass is 280 g/mol. The molecule has 1 aliphatic rings. The van der Waals surface area contributed by atoms with E-state index in [2.05, 4.69) is 0 Å². The third-order valence-electron chi connectivity index (χ3n) is 3.75. The summed E-state index contributed by atoms with van der Waals surface area (Å²) in [4.78, 5) is 12.9. The van der Waals surface area contributed by atoms with Gasteiger partial charge in [-0.2, -0.15) is 13.2 Å². The van der Waals surface area contributed by atoms with Crippen molar-refractivity contribution in [3.05, 3.63) is 0 Å². The van der Waals surface area contributed by atoms with Gasteiger partial charge in [0.25, 0.3) is 0 Å². The molecule has 1 aliphatic carbocycles. The lowest BCUT2D eigenvalue weighted by Gasteiger charge is -2.27. The number of nitrogens with two attached hydrogens (primary N) is 1. The van der Waals surface area contributed by atoms with E-state index in [0.29, 0.717) is 12.3 Å². The van der Waals surface area contributed by atoms with Gasteiger partial charge in [0, 0.05) is 26.1 Å². The molecule has 1 rings (SSSR count). The fourth-order valence-electron chi connectivity index (χ4n) is 2.53. The smallest absolute Gasteiger partial charge is 0.345 e.